The number of ketones is 1. The molecule has 0 saturated heterocycles. The number of benzene rings is 2. The zero-order chi connectivity index (χ0) is 21.2. The zero-order valence-corrected chi connectivity index (χ0v) is 17.5. The first-order valence-electron chi connectivity index (χ1n) is 9.53. The monoisotopic (exact) mass is 390 g/mol. The van der Waals surface area contributed by atoms with Gasteiger partial charge in [0.25, 0.3) is 5.91 Å². The topological polar surface area (TPSA) is 74.1 Å². The van der Waals surface area contributed by atoms with Crippen LogP contribution >= 0.6 is 0 Å². The maximum Gasteiger partial charge on any atom is 0.276 e. The Morgan fingerprint density at radius 2 is 1.72 bits per heavy atom. The molecule has 3 rings (SSSR count). The van der Waals surface area contributed by atoms with Gasteiger partial charge < -0.3 is 4.90 Å². The van der Waals surface area contributed by atoms with E-state index in [1.807, 2.05) is 18.2 Å². The van der Waals surface area contributed by atoms with Crippen LogP contribution in [0.3, 0.4) is 0 Å². The molecule has 0 radical (unpaired) electrons. The van der Waals surface area contributed by atoms with E-state index >= 15 is 0 Å². The van der Waals surface area contributed by atoms with Crippen molar-refractivity contribution >= 4 is 28.8 Å². The Kier molecular flexibility index (Phi) is 5.64. The first kappa shape index (κ1) is 20.5. The van der Waals surface area contributed by atoms with Gasteiger partial charge in [-0.15, -0.1) is 0 Å². The lowest BCUT2D eigenvalue weighted by Crippen LogP contribution is -2.40. The summed E-state index contributed by atoms with van der Waals surface area (Å²) >= 11 is 0. The van der Waals surface area contributed by atoms with E-state index in [4.69, 9.17) is 4.99 Å². The molecule has 2 aromatic carbocycles. The summed E-state index contributed by atoms with van der Waals surface area (Å²) in [6.45, 7) is 5.62. The molecule has 2 aromatic rings. The predicted octanol–water partition coefficient (Wildman–Crippen LogP) is 3.57. The molecule has 0 saturated carbocycles. The molecule has 1 aliphatic rings. The van der Waals surface area contributed by atoms with Crippen molar-refractivity contribution in [3.05, 3.63) is 65.2 Å². The maximum atomic E-state index is 13.0. The standard InChI is InChI=1S/C23H26N4O2/c1-15(28)16-10-12-18(13-11-16)25-26-21(22(29)27(4)5)20-19-9-7-6-8-17(19)14-23(2,3)24-20/h6-13,25H,14H2,1-5H3/b26-21+. The highest BCUT2D eigenvalue weighted by Crippen LogP contribution is 2.27. The summed E-state index contributed by atoms with van der Waals surface area (Å²) < 4.78 is 0. The molecule has 0 fully saturated rings. The lowest BCUT2D eigenvalue weighted by Gasteiger charge is -2.29. The van der Waals surface area contributed by atoms with E-state index in [1.165, 1.54) is 11.8 Å². The number of hydrogen-bond acceptors (Lipinski definition) is 5. The van der Waals surface area contributed by atoms with Crippen molar-refractivity contribution in [2.24, 2.45) is 10.1 Å². The van der Waals surface area contributed by atoms with Gasteiger partial charge in [0.1, 0.15) is 0 Å². The summed E-state index contributed by atoms with van der Waals surface area (Å²) in [6, 6.07) is 15.0. The zero-order valence-electron chi connectivity index (χ0n) is 17.5. The van der Waals surface area contributed by atoms with Gasteiger partial charge in [0, 0.05) is 25.2 Å². The molecule has 6 nitrogen and oxygen atoms in total. The summed E-state index contributed by atoms with van der Waals surface area (Å²) in [4.78, 5) is 30.8. The van der Waals surface area contributed by atoms with Crippen LogP contribution in [-0.2, 0) is 11.2 Å². The van der Waals surface area contributed by atoms with Crippen LogP contribution in [0.25, 0.3) is 0 Å². The average molecular weight is 390 g/mol. The highest BCUT2D eigenvalue weighted by atomic mass is 16.2. The molecule has 1 N–H and O–H groups in total. The molecule has 1 heterocycles. The second kappa shape index (κ2) is 7.99. The molecule has 150 valence electrons. The lowest BCUT2D eigenvalue weighted by molar-refractivity contribution is -0.121. The van der Waals surface area contributed by atoms with Gasteiger partial charge in [-0.2, -0.15) is 5.10 Å². The molecule has 0 unspecified atom stereocenters. The van der Waals surface area contributed by atoms with E-state index in [0.717, 1.165) is 17.5 Å². The minimum Gasteiger partial charge on any atom is -0.343 e. The third-order valence-electron chi connectivity index (χ3n) is 4.73. The third kappa shape index (κ3) is 4.59. The second-order valence-corrected chi connectivity index (χ2v) is 8.01. The van der Waals surface area contributed by atoms with Crippen LogP contribution in [0.4, 0.5) is 5.69 Å². The van der Waals surface area contributed by atoms with E-state index < -0.39 is 0 Å². The Morgan fingerprint density at radius 3 is 2.34 bits per heavy atom. The smallest absolute Gasteiger partial charge is 0.276 e. The van der Waals surface area contributed by atoms with Crippen molar-refractivity contribution in [1.82, 2.24) is 4.90 Å². The van der Waals surface area contributed by atoms with Crippen LogP contribution in [0.15, 0.2) is 58.6 Å². The van der Waals surface area contributed by atoms with Gasteiger partial charge >= 0.3 is 0 Å². The summed E-state index contributed by atoms with van der Waals surface area (Å²) in [6.07, 6.45) is 0.802. The number of aliphatic imine (C=N–C) groups is 1. The van der Waals surface area contributed by atoms with Crippen LogP contribution in [0.1, 0.15) is 42.3 Å². The van der Waals surface area contributed by atoms with Gasteiger partial charge in [0.2, 0.25) is 0 Å². The van der Waals surface area contributed by atoms with Gasteiger partial charge in [0.15, 0.2) is 11.5 Å². The van der Waals surface area contributed by atoms with Crippen LogP contribution in [0.2, 0.25) is 0 Å². The quantitative estimate of drug-likeness (QED) is 0.482. The van der Waals surface area contributed by atoms with Gasteiger partial charge in [-0.1, -0.05) is 24.3 Å². The van der Waals surface area contributed by atoms with Gasteiger partial charge in [-0.3, -0.25) is 20.0 Å². The number of nitrogens with one attached hydrogen (secondary N) is 1. The second-order valence-electron chi connectivity index (χ2n) is 8.01. The van der Waals surface area contributed by atoms with Crippen molar-refractivity contribution in [3.8, 4) is 0 Å². The van der Waals surface area contributed by atoms with E-state index in [9.17, 15) is 9.59 Å². The molecule has 0 atom stereocenters. The number of Topliss-reactive ketones (excluding diaryl/α,β-unsaturated/α-hetero) is 1. The van der Waals surface area contributed by atoms with Crippen molar-refractivity contribution < 1.29 is 9.59 Å². The van der Waals surface area contributed by atoms with Crippen LogP contribution in [0, 0.1) is 0 Å². The molecular formula is C23H26N4O2. The van der Waals surface area contributed by atoms with Gasteiger partial charge in [0.05, 0.1) is 16.9 Å². The number of carbonyl (C=O) groups excluding carboxylic acids is 2. The van der Waals surface area contributed by atoms with E-state index in [1.54, 1.807) is 38.4 Å². The summed E-state index contributed by atoms with van der Waals surface area (Å²) in [5, 5.41) is 4.44. The summed E-state index contributed by atoms with van der Waals surface area (Å²) in [5.74, 6) is -0.233. The number of hydrogen-bond donors (Lipinski definition) is 1. The number of rotatable bonds is 5. The number of amides is 1. The van der Waals surface area contributed by atoms with Crippen LogP contribution in [-0.4, -0.2) is 47.6 Å². The number of fused-ring (bicyclic) bond motifs is 1. The molecule has 6 heteroatoms. The lowest BCUT2D eigenvalue weighted by atomic mass is 9.85. The molecule has 1 aliphatic heterocycles. The van der Waals surface area contributed by atoms with Crippen LogP contribution in [0.5, 0.6) is 0 Å². The third-order valence-corrected chi connectivity index (χ3v) is 4.73. The molecule has 29 heavy (non-hydrogen) atoms. The van der Waals surface area contributed by atoms with E-state index in [2.05, 4.69) is 30.4 Å². The van der Waals surface area contributed by atoms with Crippen molar-refractivity contribution in [3.63, 3.8) is 0 Å². The average Bonchev–Trinajstić information content (AvgIpc) is 2.67. The maximum absolute atomic E-state index is 13.0. The fraction of sp³-hybridized carbons (Fsp3) is 0.304. The number of nitrogens with zero attached hydrogens (tertiary/aromatic N) is 3. The highest BCUT2D eigenvalue weighted by molar-refractivity contribution is 6.70. The van der Waals surface area contributed by atoms with E-state index in [0.29, 0.717) is 17.0 Å². The minimum atomic E-state index is -0.333. The number of anilines is 1. The molecule has 0 aromatic heterocycles. The highest BCUT2D eigenvalue weighted by Gasteiger charge is 2.32. The molecule has 1 amide bonds. The fourth-order valence-corrected chi connectivity index (χ4v) is 3.27. The normalized spacial score (nSPS) is 15.2. The van der Waals surface area contributed by atoms with Gasteiger partial charge in [-0.05, 0) is 57.0 Å². The number of hydrazone groups is 1. The van der Waals surface area contributed by atoms with Crippen molar-refractivity contribution in [2.75, 3.05) is 19.5 Å². The number of carbonyl (C=O) groups is 2. The minimum absolute atomic E-state index is 0.000995. The Morgan fingerprint density at radius 1 is 1.07 bits per heavy atom. The summed E-state index contributed by atoms with van der Waals surface area (Å²) in [5.41, 5.74) is 6.84. The molecular weight excluding hydrogens is 364 g/mol. The van der Waals surface area contributed by atoms with Crippen molar-refractivity contribution in [1.29, 1.82) is 0 Å². The first-order chi connectivity index (χ1) is 13.7. The Bertz CT molecular complexity index is 1000. The first-order valence-corrected chi connectivity index (χ1v) is 9.53. The van der Waals surface area contributed by atoms with Crippen LogP contribution < -0.4 is 5.43 Å². The predicted molar refractivity (Wildman–Crippen MR) is 117 cm³/mol. The van der Waals surface area contributed by atoms with Gasteiger partial charge in [-0.25, -0.2) is 0 Å². The largest absolute Gasteiger partial charge is 0.343 e. The van der Waals surface area contributed by atoms with E-state index in [-0.39, 0.29) is 22.9 Å². The Labute approximate surface area is 171 Å². The SMILES string of the molecule is CC(=O)c1ccc(N/N=C(/C(=O)N(C)C)C2=NC(C)(C)Cc3ccccc32)cc1. The fourth-order valence-electron chi connectivity index (χ4n) is 3.27. The van der Waals surface area contributed by atoms with Crippen molar-refractivity contribution in [2.45, 2.75) is 32.7 Å². The Balaban J connectivity index is 2.03. The summed E-state index contributed by atoms with van der Waals surface area (Å²) in [7, 11) is 3.39. The molecule has 0 spiro atoms. The Hall–Kier alpha value is -3.28. The molecule has 0 bridgehead atoms. The molecule has 0 aliphatic carbocycles.